The lowest BCUT2D eigenvalue weighted by Gasteiger charge is -2.43. The lowest BCUT2D eigenvalue weighted by Crippen LogP contribution is -2.54. The number of urea groups is 3. The number of methoxy groups -OCH3 is 3. The molecule has 3 saturated heterocycles. The van der Waals surface area contributed by atoms with Gasteiger partial charge in [0.2, 0.25) is 0 Å². The Balaban J connectivity index is 0.000000228. The number of nitrogens with one attached hydrogen (secondary N) is 4. The van der Waals surface area contributed by atoms with E-state index in [1.165, 1.54) is 96.3 Å². The normalized spacial score (nSPS) is 21.5. The maximum Gasteiger partial charge on any atom is 0.317 e. The van der Waals surface area contributed by atoms with Crippen LogP contribution in [0, 0.1) is 58.2 Å². The van der Waals surface area contributed by atoms with E-state index in [0.717, 1.165) is 144 Å². The highest BCUT2D eigenvalue weighted by atomic mass is 79.9. The SMILES string of the molecule is CNC[C@H](CC1CCCCC1)NC(=O)N1CCC[C@@H]([C@@](O)(CCCCOC)c2cccc(C#N)c2)C1.COCCCC[C@@](O)(c1cccc(Br)c1)[C@@H]1CCCN(C(=O)N[C@@H](CC2CCCCC2)CN(C)C)C1.COCCCC[C@@](O)(c1cccc(C#N)c1)[C@@H]1CCCN(C(=O)N[C@@H](CC2CCCCC2)CN(C)C)C1. The van der Waals surface area contributed by atoms with Gasteiger partial charge < -0.3 is 75.3 Å². The molecule has 7 N–H and O–H groups in total. The van der Waals surface area contributed by atoms with E-state index in [1.807, 2.05) is 82.4 Å². The van der Waals surface area contributed by atoms with Crippen LogP contribution in [-0.2, 0) is 31.0 Å². The molecular weight excluding hydrogens is 1430 g/mol. The number of likely N-dealkylation sites (N-methyl/N-ethyl adjacent to an activating group) is 3. The number of carbonyl (C=O) groups excluding carboxylic acids is 3. The number of carbonyl (C=O) groups is 3. The molecule has 3 aliphatic heterocycles. The molecule has 3 aromatic rings. The minimum absolute atomic E-state index is 0.000474. The van der Waals surface area contributed by atoms with Crippen molar-refractivity contribution in [3.05, 3.63) is 105 Å². The summed E-state index contributed by atoms with van der Waals surface area (Å²) in [6.07, 6.45) is 34.8. The van der Waals surface area contributed by atoms with E-state index < -0.39 is 16.8 Å². The molecular formula is C88H142BrN11O9. The number of amides is 6. The van der Waals surface area contributed by atoms with Crippen LogP contribution >= 0.6 is 15.9 Å². The number of hydrogen-bond acceptors (Lipinski definition) is 14. The summed E-state index contributed by atoms with van der Waals surface area (Å²) in [6, 6.07) is 27.5. The molecule has 109 heavy (non-hydrogen) atoms. The number of rotatable bonds is 36. The van der Waals surface area contributed by atoms with Gasteiger partial charge in [0, 0.05) is 140 Å². The molecule has 0 spiro atoms. The summed E-state index contributed by atoms with van der Waals surface area (Å²) >= 11 is 3.58. The summed E-state index contributed by atoms with van der Waals surface area (Å²) in [6.45, 7) is 8.24. The van der Waals surface area contributed by atoms with Gasteiger partial charge in [-0.2, -0.15) is 10.5 Å². The second-order valence-electron chi connectivity index (χ2n) is 33.6. The summed E-state index contributed by atoms with van der Waals surface area (Å²) in [5.41, 5.74) is 0.427. The first-order valence-corrected chi connectivity index (χ1v) is 43.0. The van der Waals surface area contributed by atoms with E-state index in [-0.39, 0.29) is 54.0 Å². The zero-order chi connectivity index (χ0) is 78.4. The Morgan fingerprint density at radius 2 is 0.798 bits per heavy atom. The van der Waals surface area contributed by atoms with Crippen LogP contribution in [0.2, 0.25) is 0 Å². The van der Waals surface area contributed by atoms with Crippen molar-refractivity contribution in [3.63, 3.8) is 0 Å². The van der Waals surface area contributed by atoms with Gasteiger partial charge in [-0.1, -0.05) is 149 Å². The molecule has 6 fully saturated rings. The molecule has 20 nitrogen and oxygen atoms in total. The topological polar surface area (TPSA) is 251 Å². The summed E-state index contributed by atoms with van der Waals surface area (Å²) in [5, 5.41) is 68.5. The molecule has 3 heterocycles. The fourth-order valence-electron chi connectivity index (χ4n) is 18.8. The Kier molecular flexibility index (Phi) is 40.5. The first kappa shape index (κ1) is 90.8. The van der Waals surface area contributed by atoms with Crippen LogP contribution in [0.3, 0.4) is 0 Å². The predicted molar refractivity (Wildman–Crippen MR) is 440 cm³/mol. The van der Waals surface area contributed by atoms with Crippen LogP contribution in [0.15, 0.2) is 77.3 Å². The number of halogens is 1. The molecule has 3 aromatic carbocycles. The van der Waals surface area contributed by atoms with E-state index >= 15 is 0 Å². The predicted octanol–water partition coefficient (Wildman–Crippen LogP) is 15.2. The molecule has 0 unspecified atom stereocenters. The molecule has 0 aromatic heterocycles. The van der Waals surface area contributed by atoms with Crippen molar-refractivity contribution in [1.29, 1.82) is 10.5 Å². The first-order valence-electron chi connectivity index (χ1n) is 42.2. The zero-order valence-corrected chi connectivity index (χ0v) is 69.8. The van der Waals surface area contributed by atoms with Crippen molar-refractivity contribution in [2.24, 2.45) is 35.5 Å². The molecule has 9 rings (SSSR count). The van der Waals surface area contributed by atoms with Crippen molar-refractivity contribution in [2.75, 3.05) is 135 Å². The van der Waals surface area contributed by atoms with Gasteiger partial charge in [-0.15, -0.1) is 0 Å². The van der Waals surface area contributed by atoms with Gasteiger partial charge >= 0.3 is 18.1 Å². The lowest BCUT2D eigenvalue weighted by molar-refractivity contribution is -0.0568. The first-order chi connectivity index (χ1) is 52.7. The number of piperidine rings is 3. The highest BCUT2D eigenvalue weighted by molar-refractivity contribution is 9.10. The molecule has 21 heteroatoms. The van der Waals surface area contributed by atoms with Crippen molar-refractivity contribution in [1.82, 2.24) is 45.8 Å². The summed E-state index contributed by atoms with van der Waals surface area (Å²) in [7, 11) is 15.3. The van der Waals surface area contributed by atoms with E-state index in [4.69, 9.17) is 14.2 Å². The molecule has 6 amide bonds. The molecule has 0 radical (unpaired) electrons. The third-order valence-electron chi connectivity index (χ3n) is 24.6. The molecule has 610 valence electrons. The third kappa shape index (κ3) is 29.8. The van der Waals surface area contributed by atoms with Gasteiger partial charge in [-0.05, 0) is 222 Å². The fraction of sp³-hybridized carbons (Fsp3) is 0.739. The Morgan fingerprint density at radius 1 is 0.477 bits per heavy atom. The highest BCUT2D eigenvalue weighted by Gasteiger charge is 2.45. The van der Waals surface area contributed by atoms with Gasteiger partial charge in [0.1, 0.15) is 0 Å². The maximum atomic E-state index is 13.5. The van der Waals surface area contributed by atoms with Crippen LogP contribution in [-0.4, -0.2) is 211 Å². The summed E-state index contributed by atoms with van der Waals surface area (Å²) in [5.74, 6) is 1.92. The lowest BCUT2D eigenvalue weighted by atomic mass is 9.74. The van der Waals surface area contributed by atoms with Gasteiger partial charge in [0.05, 0.1) is 40.1 Å². The number of hydrogen-bond donors (Lipinski definition) is 7. The Morgan fingerprint density at radius 3 is 1.11 bits per heavy atom. The standard InChI is InChI=1S/C30H48N4O3.C29H48BrN3O3.C29H46N4O3/c1-33(2)23-28(20-24-11-5-4-6-12-24)32-29(35)34-17-10-15-27(22-34)30(36,16-7-8-18-37-3)26-14-9-13-25(19-26)21-31;1-32(2)22-27(19-23-11-5-4-6-12-23)31-28(34)33-17-10-14-25(21-33)29(35,16-7-8-18-36-3)24-13-9-15-26(30)20-24;1-31-21-27(19-23-10-4-3-5-11-23)32-28(34)33-16-9-14-26(22-33)29(35,15-6-7-17-36-2)25-13-8-12-24(18-25)20-30/h9,13-14,19,24,27-28,36H,4-8,10-12,15-18,20,22-23H2,1-3H3,(H,32,35);9,13,15,20,23,25,27,35H,4-8,10-12,14,16-19,21-22H2,1-3H3,(H,31,34);8,12-13,18,23,26-27,31,35H,3-7,9-11,14-17,19,21-22H2,1-2H3,(H,32,34)/t27-,28+,30-;25-,27+,29-;26-,27+,29-/m111/s1. The van der Waals surface area contributed by atoms with Crippen LogP contribution in [0.4, 0.5) is 14.4 Å². The van der Waals surface area contributed by atoms with Gasteiger partial charge in [0.25, 0.3) is 0 Å². The second kappa shape index (κ2) is 48.6. The number of nitriles is 2. The van der Waals surface area contributed by atoms with Crippen LogP contribution in [0.5, 0.6) is 0 Å². The Labute approximate surface area is 665 Å². The average Bonchev–Trinajstić information content (AvgIpc) is 0.795. The van der Waals surface area contributed by atoms with Gasteiger partial charge in [0.15, 0.2) is 0 Å². The van der Waals surface area contributed by atoms with E-state index in [1.54, 1.807) is 33.5 Å². The van der Waals surface area contributed by atoms with Crippen molar-refractivity contribution in [3.8, 4) is 12.1 Å². The van der Waals surface area contributed by atoms with E-state index in [0.29, 0.717) is 101 Å². The summed E-state index contributed by atoms with van der Waals surface area (Å²) < 4.78 is 16.6. The van der Waals surface area contributed by atoms with Crippen molar-refractivity contribution < 1.29 is 43.9 Å². The molecule has 0 bridgehead atoms. The van der Waals surface area contributed by atoms with Gasteiger partial charge in [-0.25, -0.2) is 14.4 Å². The highest BCUT2D eigenvalue weighted by Crippen LogP contribution is 2.44. The third-order valence-corrected chi connectivity index (χ3v) is 25.1. The Bertz CT molecular complexity index is 3190. The molecule has 3 saturated carbocycles. The minimum Gasteiger partial charge on any atom is -0.385 e. The monoisotopic (exact) mass is 1580 g/mol. The average molecular weight is 1580 g/mol. The molecule has 9 atom stereocenters. The number of nitrogens with zero attached hydrogens (tertiary/aromatic N) is 7. The Hall–Kier alpha value is -5.43. The van der Waals surface area contributed by atoms with E-state index in [9.17, 15) is 40.2 Å². The molecule has 3 aliphatic carbocycles. The maximum absolute atomic E-state index is 13.5. The van der Waals surface area contributed by atoms with Crippen molar-refractivity contribution >= 4 is 34.0 Å². The van der Waals surface area contributed by atoms with Crippen LogP contribution in [0.25, 0.3) is 0 Å². The summed E-state index contributed by atoms with van der Waals surface area (Å²) in [4.78, 5) is 50.5. The van der Waals surface area contributed by atoms with Crippen LogP contribution in [0.1, 0.15) is 240 Å². The van der Waals surface area contributed by atoms with Crippen LogP contribution < -0.4 is 21.3 Å². The zero-order valence-electron chi connectivity index (χ0n) is 68.2. The number of unbranched alkanes of at least 4 members (excludes halogenated alkanes) is 3. The number of ether oxygens (including phenoxy) is 3. The minimum atomic E-state index is -1.09. The number of aliphatic hydroxyl groups is 3. The smallest absolute Gasteiger partial charge is 0.317 e. The van der Waals surface area contributed by atoms with E-state index in [2.05, 4.69) is 87.3 Å². The number of benzene rings is 3. The molecule has 6 aliphatic rings. The van der Waals surface area contributed by atoms with Gasteiger partial charge in [-0.3, -0.25) is 0 Å². The second-order valence-corrected chi connectivity index (χ2v) is 34.5. The quantitative estimate of drug-likeness (QED) is 0.0268. The fourth-order valence-corrected chi connectivity index (χ4v) is 19.2. The largest absolute Gasteiger partial charge is 0.385 e. The number of likely N-dealkylation sites (tertiary alicyclic amines) is 3. The van der Waals surface area contributed by atoms with Crippen molar-refractivity contribution in [2.45, 2.75) is 247 Å².